The largest absolute Gasteiger partial charge is 0.363 e. The second kappa shape index (κ2) is 4.70. The zero-order valence-electron chi connectivity index (χ0n) is 9.92. The van der Waals surface area contributed by atoms with Gasteiger partial charge in [-0.3, -0.25) is 4.79 Å². The van der Waals surface area contributed by atoms with Crippen molar-refractivity contribution in [2.24, 2.45) is 0 Å². The predicted octanol–water partition coefficient (Wildman–Crippen LogP) is 1.21. The summed E-state index contributed by atoms with van der Waals surface area (Å²) in [6.07, 6.45) is 2.55. The highest BCUT2D eigenvalue weighted by Gasteiger charge is 2.24. The van der Waals surface area contributed by atoms with Gasteiger partial charge in [0.15, 0.2) is 0 Å². The number of hydrogen-bond acceptors (Lipinski definition) is 2. The van der Waals surface area contributed by atoms with Gasteiger partial charge in [-0.25, -0.2) is 0 Å². The summed E-state index contributed by atoms with van der Waals surface area (Å²) in [5.74, 6) is 0.246. The van der Waals surface area contributed by atoms with Gasteiger partial charge in [-0.05, 0) is 18.6 Å². The van der Waals surface area contributed by atoms with Crippen molar-refractivity contribution in [1.82, 2.24) is 15.2 Å². The van der Waals surface area contributed by atoms with Gasteiger partial charge < -0.3 is 15.2 Å². The molecule has 1 aliphatic heterocycles. The molecule has 16 heavy (non-hydrogen) atoms. The first-order valence-corrected chi connectivity index (χ1v) is 5.87. The maximum Gasteiger partial charge on any atom is 0.222 e. The Kier molecular flexibility index (Phi) is 3.29. The maximum atomic E-state index is 11.7. The molecule has 0 bridgehead atoms. The molecule has 2 rings (SSSR count). The first-order valence-electron chi connectivity index (χ1n) is 5.87. The first-order chi connectivity index (χ1) is 7.72. The van der Waals surface area contributed by atoms with Crippen molar-refractivity contribution in [3.8, 4) is 0 Å². The van der Waals surface area contributed by atoms with Gasteiger partial charge in [0, 0.05) is 37.9 Å². The fourth-order valence-electron chi connectivity index (χ4n) is 2.23. The Hall–Kier alpha value is -1.29. The quantitative estimate of drug-likeness (QED) is 0.788. The Balaban J connectivity index is 2.07. The van der Waals surface area contributed by atoms with Gasteiger partial charge in [-0.2, -0.15) is 0 Å². The van der Waals surface area contributed by atoms with Crippen LogP contribution in [0.1, 0.15) is 30.6 Å². The molecule has 4 nitrogen and oxygen atoms in total. The van der Waals surface area contributed by atoms with E-state index in [0.717, 1.165) is 19.6 Å². The van der Waals surface area contributed by atoms with Crippen LogP contribution in [0.25, 0.3) is 0 Å². The van der Waals surface area contributed by atoms with E-state index in [1.54, 1.807) is 0 Å². The fraction of sp³-hybridized carbons (Fsp3) is 0.583. The minimum atomic E-state index is 0.246. The van der Waals surface area contributed by atoms with E-state index in [-0.39, 0.29) is 11.9 Å². The highest BCUT2D eigenvalue weighted by Crippen LogP contribution is 2.19. The van der Waals surface area contributed by atoms with Crippen LogP contribution in [-0.2, 0) is 4.79 Å². The Bertz CT molecular complexity index is 372. The number of piperazine rings is 1. The zero-order valence-corrected chi connectivity index (χ0v) is 9.92. The molecule has 1 aliphatic rings. The van der Waals surface area contributed by atoms with Crippen molar-refractivity contribution in [2.45, 2.75) is 26.3 Å². The molecule has 0 radical (unpaired) electrons. The van der Waals surface area contributed by atoms with Crippen LogP contribution in [0.4, 0.5) is 0 Å². The number of nitrogens with one attached hydrogen (secondary N) is 2. The molecule has 0 aromatic carbocycles. The predicted molar refractivity (Wildman–Crippen MR) is 63.1 cm³/mol. The van der Waals surface area contributed by atoms with Gasteiger partial charge in [0.2, 0.25) is 5.91 Å². The molecule has 1 fully saturated rings. The Morgan fingerprint density at radius 2 is 2.44 bits per heavy atom. The monoisotopic (exact) mass is 221 g/mol. The standard InChI is InChI=1S/C12H19N3O/c1-3-11(16)15-7-6-13-10(8-15)12-9(2)4-5-14-12/h4-5,10,13-14H,3,6-8H2,1-2H3. The van der Waals surface area contributed by atoms with Crippen LogP contribution >= 0.6 is 0 Å². The summed E-state index contributed by atoms with van der Waals surface area (Å²) in [6.45, 7) is 6.47. The van der Waals surface area contributed by atoms with Crippen LogP contribution in [0.5, 0.6) is 0 Å². The van der Waals surface area contributed by atoms with E-state index in [4.69, 9.17) is 0 Å². The topological polar surface area (TPSA) is 48.1 Å². The summed E-state index contributed by atoms with van der Waals surface area (Å²) in [7, 11) is 0. The first kappa shape index (κ1) is 11.2. The number of amides is 1. The van der Waals surface area contributed by atoms with Gasteiger partial charge >= 0.3 is 0 Å². The maximum absolute atomic E-state index is 11.7. The van der Waals surface area contributed by atoms with Crippen LogP contribution in [0.3, 0.4) is 0 Å². The molecule has 2 heterocycles. The number of nitrogens with zero attached hydrogens (tertiary/aromatic N) is 1. The molecular formula is C12H19N3O. The SMILES string of the molecule is CCC(=O)N1CCNC(c2[nH]ccc2C)C1. The van der Waals surface area contributed by atoms with Gasteiger partial charge in [0.05, 0.1) is 6.04 Å². The lowest BCUT2D eigenvalue weighted by molar-refractivity contribution is -0.132. The van der Waals surface area contributed by atoms with E-state index in [1.165, 1.54) is 11.3 Å². The molecule has 0 saturated carbocycles. The molecule has 0 aliphatic carbocycles. The molecule has 2 N–H and O–H groups in total. The Morgan fingerprint density at radius 3 is 3.06 bits per heavy atom. The van der Waals surface area contributed by atoms with Crippen molar-refractivity contribution in [3.05, 3.63) is 23.5 Å². The second-order valence-corrected chi connectivity index (χ2v) is 4.27. The number of carbonyl (C=O) groups is 1. The van der Waals surface area contributed by atoms with E-state index < -0.39 is 0 Å². The Labute approximate surface area is 96.0 Å². The van der Waals surface area contributed by atoms with E-state index in [1.807, 2.05) is 18.0 Å². The molecule has 1 aromatic heterocycles. The van der Waals surface area contributed by atoms with Crippen molar-refractivity contribution >= 4 is 5.91 Å². The summed E-state index contributed by atoms with van der Waals surface area (Å²) >= 11 is 0. The van der Waals surface area contributed by atoms with Crippen molar-refractivity contribution < 1.29 is 4.79 Å². The minimum Gasteiger partial charge on any atom is -0.363 e. The summed E-state index contributed by atoms with van der Waals surface area (Å²) in [5, 5.41) is 3.45. The van der Waals surface area contributed by atoms with E-state index >= 15 is 0 Å². The molecule has 1 unspecified atom stereocenters. The molecule has 1 atom stereocenters. The van der Waals surface area contributed by atoms with Crippen molar-refractivity contribution in [1.29, 1.82) is 0 Å². The summed E-state index contributed by atoms with van der Waals surface area (Å²) in [5.41, 5.74) is 2.46. The number of aryl methyl sites for hydroxylation is 1. The van der Waals surface area contributed by atoms with Crippen LogP contribution in [0.15, 0.2) is 12.3 Å². The van der Waals surface area contributed by atoms with Crippen LogP contribution in [-0.4, -0.2) is 35.4 Å². The zero-order chi connectivity index (χ0) is 11.5. The molecule has 1 aromatic rings. The second-order valence-electron chi connectivity index (χ2n) is 4.27. The third-order valence-electron chi connectivity index (χ3n) is 3.18. The smallest absolute Gasteiger partial charge is 0.222 e. The summed E-state index contributed by atoms with van der Waals surface area (Å²) in [6, 6.07) is 2.32. The number of rotatable bonds is 2. The number of H-pyrrole nitrogens is 1. The van der Waals surface area contributed by atoms with Crippen molar-refractivity contribution in [2.75, 3.05) is 19.6 Å². The molecule has 0 spiro atoms. The molecule has 1 amide bonds. The third kappa shape index (κ3) is 2.11. The van der Waals surface area contributed by atoms with E-state index in [2.05, 4.69) is 23.3 Å². The lowest BCUT2D eigenvalue weighted by Gasteiger charge is -2.33. The molecule has 88 valence electrons. The lowest BCUT2D eigenvalue weighted by Crippen LogP contribution is -2.48. The van der Waals surface area contributed by atoms with Gasteiger partial charge in [-0.15, -0.1) is 0 Å². The average Bonchev–Trinajstić information content (AvgIpc) is 2.74. The third-order valence-corrected chi connectivity index (χ3v) is 3.18. The highest BCUT2D eigenvalue weighted by molar-refractivity contribution is 5.76. The minimum absolute atomic E-state index is 0.246. The van der Waals surface area contributed by atoms with Gasteiger partial charge in [-0.1, -0.05) is 6.92 Å². The number of hydrogen-bond donors (Lipinski definition) is 2. The number of aromatic amines is 1. The van der Waals surface area contributed by atoms with Gasteiger partial charge in [0.25, 0.3) is 0 Å². The van der Waals surface area contributed by atoms with Crippen LogP contribution in [0.2, 0.25) is 0 Å². The Morgan fingerprint density at radius 1 is 1.62 bits per heavy atom. The van der Waals surface area contributed by atoms with Crippen molar-refractivity contribution in [3.63, 3.8) is 0 Å². The highest BCUT2D eigenvalue weighted by atomic mass is 16.2. The van der Waals surface area contributed by atoms with Gasteiger partial charge in [0.1, 0.15) is 0 Å². The lowest BCUT2D eigenvalue weighted by atomic mass is 10.1. The number of carbonyl (C=O) groups excluding carboxylic acids is 1. The van der Waals surface area contributed by atoms with E-state index in [0.29, 0.717) is 6.42 Å². The molecule has 4 heteroatoms. The normalized spacial score (nSPS) is 21.1. The van der Waals surface area contributed by atoms with Crippen LogP contribution < -0.4 is 5.32 Å². The van der Waals surface area contributed by atoms with E-state index in [9.17, 15) is 4.79 Å². The summed E-state index contributed by atoms with van der Waals surface area (Å²) in [4.78, 5) is 16.9. The van der Waals surface area contributed by atoms with Crippen LogP contribution in [0, 0.1) is 6.92 Å². The molecular weight excluding hydrogens is 202 g/mol. The fourth-order valence-corrected chi connectivity index (χ4v) is 2.23. The summed E-state index contributed by atoms with van der Waals surface area (Å²) < 4.78 is 0. The number of aromatic nitrogens is 1. The molecule has 1 saturated heterocycles. The average molecular weight is 221 g/mol.